The van der Waals surface area contributed by atoms with Crippen molar-refractivity contribution in [3.05, 3.63) is 47.8 Å². The molecule has 27 heavy (non-hydrogen) atoms. The molecule has 0 saturated carbocycles. The van der Waals surface area contributed by atoms with E-state index in [0.717, 1.165) is 0 Å². The van der Waals surface area contributed by atoms with Crippen LogP contribution >= 0.6 is 0 Å². The lowest BCUT2D eigenvalue weighted by molar-refractivity contribution is 0.102. The summed E-state index contributed by atoms with van der Waals surface area (Å²) in [5, 5.41) is 11.4. The largest absolute Gasteiger partial charge is 0.497 e. The summed E-state index contributed by atoms with van der Waals surface area (Å²) in [4.78, 5) is 13.0. The van der Waals surface area contributed by atoms with E-state index in [0.29, 0.717) is 34.2 Å². The zero-order valence-corrected chi connectivity index (χ0v) is 15.3. The summed E-state index contributed by atoms with van der Waals surface area (Å²) in [6.45, 7) is 0. The van der Waals surface area contributed by atoms with Gasteiger partial charge < -0.3 is 18.9 Å². The van der Waals surface area contributed by atoms with Crippen LogP contribution in [0.2, 0.25) is 0 Å². The molecule has 0 amide bonds. The van der Waals surface area contributed by atoms with Crippen LogP contribution in [0.4, 0.5) is 0 Å². The van der Waals surface area contributed by atoms with Crippen molar-refractivity contribution in [2.45, 2.75) is 0 Å². The molecular weight excluding hydrogens is 352 g/mol. The molecule has 2 aromatic carbocycles. The normalized spacial score (nSPS) is 10.4. The fraction of sp³-hybridized carbons (Fsp3) is 0.222. The Morgan fingerprint density at radius 2 is 1.63 bits per heavy atom. The minimum absolute atomic E-state index is 0.0394. The van der Waals surface area contributed by atoms with Gasteiger partial charge in [-0.2, -0.15) is 4.68 Å². The van der Waals surface area contributed by atoms with E-state index < -0.39 is 5.78 Å². The Hall–Kier alpha value is -3.62. The second-order valence-electron chi connectivity index (χ2n) is 5.36. The van der Waals surface area contributed by atoms with E-state index in [1.807, 2.05) is 0 Å². The van der Waals surface area contributed by atoms with Gasteiger partial charge in [-0.25, -0.2) is 0 Å². The van der Waals surface area contributed by atoms with Gasteiger partial charge >= 0.3 is 0 Å². The molecular formula is C18H18N4O5. The molecule has 3 aromatic rings. The van der Waals surface area contributed by atoms with E-state index in [1.165, 1.54) is 26.0 Å². The molecule has 1 aromatic heterocycles. The van der Waals surface area contributed by atoms with Gasteiger partial charge in [0.1, 0.15) is 5.75 Å². The number of rotatable bonds is 7. The second-order valence-corrected chi connectivity index (χ2v) is 5.36. The monoisotopic (exact) mass is 370 g/mol. The van der Waals surface area contributed by atoms with Crippen LogP contribution in [0.5, 0.6) is 23.0 Å². The fourth-order valence-electron chi connectivity index (χ4n) is 2.59. The van der Waals surface area contributed by atoms with Gasteiger partial charge in [0.2, 0.25) is 17.4 Å². The Morgan fingerprint density at radius 1 is 0.926 bits per heavy atom. The first-order valence-corrected chi connectivity index (χ1v) is 7.90. The summed E-state index contributed by atoms with van der Waals surface area (Å²) in [7, 11) is 6.00. The maximum atomic E-state index is 13.0. The molecule has 1 heterocycles. The SMILES string of the molecule is COc1cccc(-n2nnnc2C(=O)c2cc(OC)c(OC)c(OC)c2)c1. The number of carbonyl (C=O) groups excluding carboxylic acids is 1. The molecule has 0 spiro atoms. The maximum Gasteiger partial charge on any atom is 0.232 e. The molecule has 0 aliphatic rings. The minimum atomic E-state index is -0.401. The van der Waals surface area contributed by atoms with Crippen molar-refractivity contribution in [2.75, 3.05) is 28.4 Å². The Morgan fingerprint density at radius 3 is 2.22 bits per heavy atom. The first-order valence-electron chi connectivity index (χ1n) is 7.90. The molecule has 9 nitrogen and oxygen atoms in total. The maximum absolute atomic E-state index is 13.0. The van der Waals surface area contributed by atoms with E-state index in [-0.39, 0.29) is 5.82 Å². The van der Waals surface area contributed by atoms with E-state index in [4.69, 9.17) is 18.9 Å². The highest BCUT2D eigenvalue weighted by atomic mass is 16.5. The van der Waals surface area contributed by atoms with Crippen LogP contribution in [0.15, 0.2) is 36.4 Å². The van der Waals surface area contributed by atoms with Crippen LogP contribution in [-0.4, -0.2) is 54.4 Å². The number of ketones is 1. The van der Waals surface area contributed by atoms with Crippen molar-refractivity contribution in [1.29, 1.82) is 0 Å². The molecule has 0 N–H and O–H groups in total. The number of nitrogens with zero attached hydrogens (tertiary/aromatic N) is 4. The Kier molecular flexibility index (Phi) is 5.20. The van der Waals surface area contributed by atoms with Crippen molar-refractivity contribution >= 4 is 5.78 Å². The highest BCUT2D eigenvalue weighted by molar-refractivity contribution is 6.07. The Bertz CT molecular complexity index is 945. The van der Waals surface area contributed by atoms with Crippen molar-refractivity contribution in [1.82, 2.24) is 20.2 Å². The van der Waals surface area contributed by atoms with Gasteiger partial charge in [-0.15, -0.1) is 5.10 Å². The Labute approximate surface area is 155 Å². The molecule has 0 atom stereocenters. The first kappa shape index (κ1) is 18.2. The second kappa shape index (κ2) is 7.73. The number of aromatic nitrogens is 4. The third-order valence-corrected chi connectivity index (χ3v) is 3.90. The van der Waals surface area contributed by atoms with Crippen LogP contribution in [0.1, 0.15) is 16.2 Å². The number of carbonyl (C=O) groups is 1. The predicted molar refractivity (Wildman–Crippen MR) is 95.2 cm³/mol. The molecule has 3 rings (SSSR count). The van der Waals surface area contributed by atoms with Gasteiger partial charge in [0.05, 0.1) is 34.1 Å². The highest BCUT2D eigenvalue weighted by Gasteiger charge is 2.23. The van der Waals surface area contributed by atoms with Crippen LogP contribution in [-0.2, 0) is 0 Å². The summed E-state index contributed by atoms with van der Waals surface area (Å²) >= 11 is 0. The fourth-order valence-corrected chi connectivity index (χ4v) is 2.59. The summed E-state index contributed by atoms with van der Waals surface area (Å²) in [6, 6.07) is 10.2. The van der Waals surface area contributed by atoms with Crippen LogP contribution < -0.4 is 18.9 Å². The smallest absolute Gasteiger partial charge is 0.232 e. The summed E-state index contributed by atoms with van der Waals surface area (Å²) in [5.74, 6) is 1.37. The third-order valence-electron chi connectivity index (χ3n) is 3.90. The highest BCUT2D eigenvalue weighted by Crippen LogP contribution is 2.38. The number of hydrogen-bond donors (Lipinski definition) is 0. The van der Waals surface area contributed by atoms with E-state index in [2.05, 4.69) is 15.5 Å². The van der Waals surface area contributed by atoms with Gasteiger partial charge in [0.15, 0.2) is 11.5 Å². The number of benzene rings is 2. The van der Waals surface area contributed by atoms with Crippen LogP contribution in [0, 0.1) is 0 Å². The molecule has 0 aliphatic carbocycles. The van der Waals surface area contributed by atoms with Crippen LogP contribution in [0.25, 0.3) is 5.69 Å². The van der Waals surface area contributed by atoms with Crippen molar-refractivity contribution in [3.63, 3.8) is 0 Å². The molecule has 9 heteroatoms. The lowest BCUT2D eigenvalue weighted by atomic mass is 10.1. The van der Waals surface area contributed by atoms with E-state index in [9.17, 15) is 4.79 Å². The number of hydrogen-bond acceptors (Lipinski definition) is 8. The van der Waals surface area contributed by atoms with Gasteiger partial charge in [-0.1, -0.05) is 6.07 Å². The van der Waals surface area contributed by atoms with Crippen molar-refractivity contribution in [2.24, 2.45) is 0 Å². The molecule has 140 valence electrons. The molecule has 0 unspecified atom stereocenters. The molecule has 0 bridgehead atoms. The average Bonchev–Trinajstić information content (AvgIpc) is 3.21. The molecule has 0 aliphatic heterocycles. The van der Waals surface area contributed by atoms with E-state index >= 15 is 0 Å². The summed E-state index contributed by atoms with van der Waals surface area (Å²) in [5.41, 5.74) is 0.888. The van der Waals surface area contributed by atoms with Crippen molar-refractivity contribution in [3.8, 4) is 28.7 Å². The zero-order valence-electron chi connectivity index (χ0n) is 15.3. The van der Waals surface area contributed by atoms with Gasteiger partial charge in [0, 0.05) is 11.6 Å². The van der Waals surface area contributed by atoms with Gasteiger partial charge in [-0.05, 0) is 34.7 Å². The number of tetrazole rings is 1. The number of methoxy groups -OCH3 is 4. The summed E-state index contributed by atoms with van der Waals surface area (Å²) in [6.07, 6.45) is 0. The predicted octanol–water partition coefficient (Wildman–Crippen LogP) is 1.93. The lowest BCUT2D eigenvalue weighted by Crippen LogP contribution is -2.12. The van der Waals surface area contributed by atoms with Gasteiger partial charge in [0.25, 0.3) is 0 Å². The van der Waals surface area contributed by atoms with E-state index in [1.54, 1.807) is 43.5 Å². The van der Waals surface area contributed by atoms with Gasteiger partial charge in [-0.3, -0.25) is 4.79 Å². The number of ether oxygens (including phenoxy) is 4. The zero-order chi connectivity index (χ0) is 19.4. The molecule has 0 fully saturated rings. The molecule has 0 saturated heterocycles. The Balaban J connectivity index is 2.06. The lowest BCUT2D eigenvalue weighted by Gasteiger charge is -2.13. The first-order chi connectivity index (χ1) is 13.1. The third kappa shape index (κ3) is 3.39. The quantitative estimate of drug-likeness (QED) is 0.582. The summed E-state index contributed by atoms with van der Waals surface area (Å²) < 4.78 is 22.4. The average molecular weight is 370 g/mol. The van der Waals surface area contributed by atoms with Crippen molar-refractivity contribution < 1.29 is 23.7 Å². The minimum Gasteiger partial charge on any atom is -0.497 e. The molecule has 0 radical (unpaired) electrons. The topological polar surface area (TPSA) is 97.6 Å². The standard InChI is InChI=1S/C18H18N4O5/c1-24-13-7-5-6-12(10-13)22-18(19-20-21-22)16(23)11-8-14(25-2)17(27-4)15(9-11)26-3/h5-10H,1-4H3. The van der Waals surface area contributed by atoms with Crippen LogP contribution in [0.3, 0.4) is 0 Å².